The van der Waals surface area contributed by atoms with Gasteiger partial charge in [0.1, 0.15) is 11.5 Å². The van der Waals surface area contributed by atoms with E-state index >= 15 is 0 Å². The van der Waals surface area contributed by atoms with Gasteiger partial charge in [0.2, 0.25) is 0 Å². The van der Waals surface area contributed by atoms with Gasteiger partial charge in [0.15, 0.2) is 0 Å². The van der Waals surface area contributed by atoms with Crippen LogP contribution in [-0.2, 0) is 17.1 Å². The van der Waals surface area contributed by atoms with E-state index in [-0.39, 0.29) is 39.7 Å². The number of para-hydroxylation sites is 2. The predicted molar refractivity (Wildman–Crippen MR) is 77.0 cm³/mol. The number of phenols is 2. The van der Waals surface area contributed by atoms with Crippen molar-refractivity contribution >= 4 is 12.4 Å². The van der Waals surface area contributed by atoms with E-state index in [2.05, 4.69) is 10.3 Å². The number of hydrogen-bond acceptors (Lipinski definition) is 8. The van der Waals surface area contributed by atoms with E-state index in [1.807, 2.05) is 0 Å². The molecular formula is C14H10CuN2O6-2. The fourth-order valence-electron chi connectivity index (χ4n) is 1.40. The molecule has 2 rings (SSSR count). The van der Waals surface area contributed by atoms with E-state index in [1.165, 1.54) is 36.4 Å². The molecule has 0 bridgehead atoms. The molecule has 9 heteroatoms. The summed E-state index contributed by atoms with van der Waals surface area (Å²) in [4.78, 5) is 0. The average molecular weight is 366 g/mol. The van der Waals surface area contributed by atoms with E-state index in [1.54, 1.807) is 0 Å². The Morgan fingerprint density at radius 1 is 0.739 bits per heavy atom. The Kier molecular flexibility index (Phi) is 8.68. The maximum absolute atomic E-state index is 10.9. The van der Waals surface area contributed by atoms with Crippen LogP contribution in [0.5, 0.6) is 23.0 Å². The smallest absolute Gasteiger partial charge is 0.870 e. The largest absolute Gasteiger partial charge is 2.00 e. The Morgan fingerprint density at radius 3 is 1.39 bits per heavy atom. The maximum atomic E-state index is 10.9. The van der Waals surface area contributed by atoms with Crippen LogP contribution in [0.1, 0.15) is 11.1 Å². The second kappa shape index (κ2) is 9.93. The molecule has 0 heterocycles. The van der Waals surface area contributed by atoms with Crippen LogP contribution < -0.4 is 10.2 Å². The molecule has 23 heavy (non-hydrogen) atoms. The quantitative estimate of drug-likeness (QED) is 0.454. The summed E-state index contributed by atoms with van der Waals surface area (Å²) >= 11 is 0. The minimum Gasteiger partial charge on any atom is -0.870 e. The summed E-state index contributed by atoms with van der Waals surface area (Å²) in [7, 11) is 0. The second-order valence-electron chi connectivity index (χ2n) is 3.86. The van der Waals surface area contributed by atoms with E-state index < -0.39 is 11.5 Å². The third-order valence-electron chi connectivity index (χ3n) is 2.43. The van der Waals surface area contributed by atoms with Crippen LogP contribution in [0.2, 0.25) is 0 Å². The molecule has 8 nitrogen and oxygen atoms in total. The molecule has 2 aromatic rings. The minimum atomic E-state index is -0.577. The van der Waals surface area contributed by atoms with Crippen LogP contribution in [0, 0.1) is 10.4 Å². The van der Waals surface area contributed by atoms with Gasteiger partial charge in [0.25, 0.3) is 0 Å². The first-order valence-electron chi connectivity index (χ1n) is 5.80. The molecule has 125 valence electrons. The zero-order valence-electron chi connectivity index (χ0n) is 11.3. The summed E-state index contributed by atoms with van der Waals surface area (Å²) < 4.78 is 0. The van der Waals surface area contributed by atoms with Crippen molar-refractivity contribution in [3.63, 3.8) is 0 Å². The van der Waals surface area contributed by atoms with Crippen LogP contribution in [0.15, 0.2) is 46.7 Å². The van der Waals surface area contributed by atoms with Gasteiger partial charge in [-0.25, -0.2) is 0 Å². The molecule has 0 fully saturated rings. The van der Waals surface area contributed by atoms with Gasteiger partial charge in [-0.05, 0) is 23.3 Å². The van der Waals surface area contributed by atoms with Crippen LogP contribution in [0.4, 0.5) is 0 Å². The molecule has 2 N–H and O–H groups in total. The molecule has 0 aliphatic carbocycles. The van der Waals surface area contributed by atoms with Crippen molar-refractivity contribution in [1.82, 2.24) is 0 Å². The third kappa shape index (κ3) is 5.77. The molecular weight excluding hydrogens is 356 g/mol. The van der Waals surface area contributed by atoms with Crippen molar-refractivity contribution in [2.45, 2.75) is 0 Å². The number of rotatable bonds is 2. The SMILES string of the molecule is [Cu+2].[O-]/N=C/c1cccc(O)c1[O-].[O-]/N=C/c1cccc(O)c1[O-]. The molecule has 0 aromatic heterocycles. The molecule has 0 saturated carbocycles. The van der Waals surface area contributed by atoms with Crippen LogP contribution in [-0.4, -0.2) is 22.6 Å². The van der Waals surface area contributed by atoms with Gasteiger partial charge in [0, 0.05) is 12.4 Å². The third-order valence-corrected chi connectivity index (χ3v) is 2.43. The molecule has 2 aromatic carbocycles. The first-order chi connectivity index (χ1) is 10.5. The van der Waals surface area contributed by atoms with Crippen molar-refractivity contribution in [3.8, 4) is 23.0 Å². The molecule has 0 unspecified atom stereocenters. The first-order valence-corrected chi connectivity index (χ1v) is 5.80. The molecule has 0 aliphatic rings. The Bertz CT molecular complexity index is 631. The van der Waals surface area contributed by atoms with Gasteiger partial charge < -0.3 is 41.2 Å². The zero-order valence-corrected chi connectivity index (χ0v) is 12.3. The summed E-state index contributed by atoms with van der Waals surface area (Å²) in [5.41, 5.74) is 0.194. The summed E-state index contributed by atoms with van der Waals surface area (Å²) in [6.45, 7) is 0. The maximum Gasteiger partial charge on any atom is 2.00 e. The predicted octanol–water partition coefficient (Wildman–Crippen LogP) is 0.762. The average Bonchev–Trinajstić information content (AvgIpc) is 2.50. The van der Waals surface area contributed by atoms with Gasteiger partial charge in [-0.1, -0.05) is 35.8 Å². The summed E-state index contributed by atoms with van der Waals surface area (Å²) in [5, 5.41) is 63.7. The fraction of sp³-hybridized carbons (Fsp3) is 0. The topological polar surface area (TPSA) is 157 Å². The molecule has 0 amide bonds. The second-order valence-corrected chi connectivity index (χ2v) is 3.86. The fourth-order valence-corrected chi connectivity index (χ4v) is 1.40. The first kappa shape index (κ1) is 20.1. The van der Waals surface area contributed by atoms with E-state index in [0.29, 0.717) is 0 Å². The normalized spacial score (nSPS) is 10.1. The molecule has 1 radical (unpaired) electrons. The molecule has 0 spiro atoms. The van der Waals surface area contributed by atoms with Crippen molar-refractivity contribution in [2.75, 3.05) is 0 Å². The molecule has 0 atom stereocenters. The number of nitrogens with zero attached hydrogens (tertiary/aromatic N) is 2. The van der Waals surface area contributed by atoms with Crippen molar-refractivity contribution in [1.29, 1.82) is 0 Å². The van der Waals surface area contributed by atoms with Gasteiger partial charge in [-0.2, -0.15) is 0 Å². The number of hydrogen-bond donors (Lipinski definition) is 2. The van der Waals surface area contributed by atoms with E-state index in [4.69, 9.17) is 10.2 Å². The van der Waals surface area contributed by atoms with E-state index in [9.17, 15) is 20.6 Å². The van der Waals surface area contributed by atoms with Gasteiger partial charge >= 0.3 is 17.1 Å². The Hall–Kier alpha value is -2.90. The van der Waals surface area contributed by atoms with Gasteiger partial charge in [-0.15, -0.1) is 0 Å². The molecule has 0 aliphatic heterocycles. The van der Waals surface area contributed by atoms with Gasteiger partial charge in [-0.3, -0.25) is 0 Å². The number of aromatic hydroxyl groups is 2. The van der Waals surface area contributed by atoms with Crippen molar-refractivity contribution in [3.05, 3.63) is 57.9 Å². The van der Waals surface area contributed by atoms with Crippen molar-refractivity contribution < 1.29 is 37.5 Å². The summed E-state index contributed by atoms with van der Waals surface area (Å²) in [6, 6.07) is 8.25. The summed E-state index contributed by atoms with van der Waals surface area (Å²) in [5.74, 6) is -1.90. The molecule has 0 saturated heterocycles. The van der Waals surface area contributed by atoms with Gasteiger partial charge in [0.05, 0.1) is 0 Å². The van der Waals surface area contributed by atoms with Crippen LogP contribution in [0.25, 0.3) is 0 Å². The summed E-state index contributed by atoms with van der Waals surface area (Å²) in [6.07, 6.45) is 1.73. The van der Waals surface area contributed by atoms with E-state index in [0.717, 1.165) is 12.4 Å². The number of phenolic OH excluding ortho intramolecular Hbond substituents is 2. The Morgan fingerprint density at radius 2 is 1.09 bits per heavy atom. The standard InChI is InChI=1S/2C7H7NO3.Cu/c2*9-6-3-1-2-5(4-8-11)7(6)10;/h2*1-4,9-11H;/q;;+2/p-4/b2*8-4+;. The zero-order chi connectivity index (χ0) is 16.5. The van der Waals surface area contributed by atoms with Crippen LogP contribution >= 0.6 is 0 Å². The van der Waals surface area contributed by atoms with Crippen molar-refractivity contribution in [2.24, 2.45) is 10.3 Å². The Balaban J connectivity index is 0.000000403. The Labute approximate surface area is 141 Å². The minimum absolute atomic E-state index is 0. The van der Waals surface area contributed by atoms with Crippen LogP contribution in [0.3, 0.4) is 0 Å². The monoisotopic (exact) mass is 365 g/mol. The number of benzene rings is 2.